The largest absolute Gasteiger partial charge is 0.370 e. The van der Waals surface area contributed by atoms with Crippen LogP contribution < -0.4 is 11.1 Å². The van der Waals surface area contributed by atoms with Crippen LogP contribution in [0.5, 0.6) is 0 Å². The van der Waals surface area contributed by atoms with Crippen molar-refractivity contribution in [1.82, 2.24) is 5.32 Å². The summed E-state index contributed by atoms with van der Waals surface area (Å²) in [6, 6.07) is 7.82. The summed E-state index contributed by atoms with van der Waals surface area (Å²) < 4.78 is 0. The molecular formula is C12H18ClN3. The second-order valence-electron chi connectivity index (χ2n) is 3.69. The Morgan fingerprint density at radius 2 is 2.31 bits per heavy atom. The van der Waals surface area contributed by atoms with Crippen molar-refractivity contribution in [3.8, 4) is 0 Å². The standard InChI is InChI=1S/C12H18ClN3/c1-3-7-15-12(14)16-9(2)10-5-4-6-11(13)8-10/h4-6,8-9H,3,7H2,1-2H3,(H3,14,15,16). The van der Waals surface area contributed by atoms with E-state index in [1.54, 1.807) is 0 Å². The molecule has 0 saturated carbocycles. The molecule has 1 aromatic rings. The van der Waals surface area contributed by atoms with Gasteiger partial charge in [0.1, 0.15) is 0 Å². The van der Waals surface area contributed by atoms with Gasteiger partial charge in [-0.2, -0.15) is 0 Å². The van der Waals surface area contributed by atoms with E-state index >= 15 is 0 Å². The normalized spacial score (nSPS) is 13.6. The molecule has 16 heavy (non-hydrogen) atoms. The van der Waals surface area contributed by atoms with Crippen LogP contribution in [0.15, 0.2) is 29.3 Å². The summed E-state index contributed by atoms with van der Waals surface area (Å²) in [6.07, 6.45) is 0.994. The topological polar surface area (TPSA) is 50.4 Å². The van der Waals surface area contributed by atoms with Crippen molar-refractivity contribution in [3.63, 3.8) is 0 Å². The van der Waals surface area contributed by atoms with Crippen LogP contribution in [0.25, 0.3) is 0 Å². The van der Waals surface area contributed by atoms with Gasteiger partial charge in [-0.15, -0.1) is 0 Å². The lowest BCUT2D eigenvalue weighted by Crippen LogP contribution is -2.33. The van der Waals surface area contributed by atoms with Crippen LogP contribution in [0, 0.1) is 0 Å². The van der Waals surface area contributed by atoms with Gasteiger partial charge in [-0.3, -0.25) is 4.99 Å². The summed E-state index contributed by atoms with van der Waals surface area (Å²) in [5, 5.41) is 3.86. The van der Waals surface area contributed by atoms with Crippen LogP contribution in [0.1, 0.15) is 31.9 Å². The smallest absolute Gasteiger partial charge is 0.189 e. The maximum absolute atomic E-state index is 5.92. The molecular weight excluding hydrogens is 222 g/mol. The molecule has 88 valence electrons. The Morgan fingerprint density at radius 1 is 1.56 bits per heavy atom. The van der Waals surface area contributed by atoms with Crippen LogP contribution in [-0.2, 0) is 0 Å². The summed E-state index contributed by atoms with van der Waals surface area (Å²) >= 11 is 5.92. The molecule has 4 heteroatoms. The SMILES string of the molecule is CCCN=C(N)NC(C)c1cccc(Cl)c1. The van der Waals surface area contributed by atoms with Crippen molar-refractivity contribution < 1.29 is 0 Å². The Hall–Kier alpha value is -1.22. The van der Waals surface area contributed by atoms with E-state index in [1.807, 2.05) is 31.2 Å². The van der Waals surface area contributed by atoms with Crippen LogP contribution in [0.4, 0.5) is 0 Å². The van der Waals surface area contributed by atoms with Crippen molar-refractivity contribution >= 4 is 17.6 Å². The fraction of sp³-hybridized carbons (Fsp3) is 0.417. The van der Waals surface area contributed by atoms with Gasteiger partial charge in [0.2, 0.25) is 0 Å². The lowest BCUT2D eigenvalue weighted by atomic mass is 10.1. The fourth-order valence-corrected chi connectivity index (χ4v) is 1.56. The number of rotatable bonds is 4. The van der Waals surface area contributed by atoms with Crippen LogP contribution >= 0.6 is 11.6 Å². The number of nitrogens with two attached hydrogens (primary N) is 1. The zero-order valence-electron chi connectivity index (χ0n) is 9.70. The van der Waals surface area contributed by atoms with E-state index in [-0.39, 0.29) is 6.04 Å². The van der Waals surface area contributed by atoms with Gasteiger partial charge < -0.3 is 11.1 Å². The van der Waals surface area contributed by atoms with E-state index in [0.29, 0.717) is 5.96 Å². The fourth-order valence-electron chi connectivity index (χ4n) is 1.36. The molecule has 0 amide bonds. The van der Waals surface area contributed by atoms with Gasteiger partial charge in [0.25, 0.3) is 0 Å². The molecule has 3 nitrogen and oxygen atoms in total. The first-order valence-electron chi connectivity index (χ1n) is 5.45. The second kappa shape index (κ2) is 6.38. The molecule has 0 aliphatic rings. The number of nitrogens with zero attached hydrogens (tertiary/aromatic N) is 1. The molecule has 0 aliphatic carbocycles. The summed E-state index contributed by atoms with van der Waals surface area (Å²) in [6.45, 7) is 4.85. The third kappa shape index (κ3) is 4.11. The number of benzene rings is 1. The molecule has 1 unspecified atom stereocenters. The van der Waals surface area contributed by atoms with E-state index < -0.39 is 0 Å². The molecule has 0 fully saturated rings. The Bertz CT molecular complexity index is 363. The molecule has 1 rings (SSSR count). The first-order valence-corrected chi connectivity index (χ1v) is 5.83. The lowest BCUT2D eigenvalue weighted by molar-refractivity contribution is 0.707. The quantitative estimate of drug-likeness (QED) is 0.627. The zero-order valence-corrected chi connectivity index (χ0v) is 10.5. The third-order valence-corrected chi connectivity index (χ3v) is 2.45. The van der Waals surface area contributed by atoms with Crippen molar-refractivity contribution in [3.05, 3.63) is 34.9 Å². The number of nitrogens with one attached hydrogen (secondary N) is 1. The zero-order chi connectivity index (χ0) is 12.0. The van der Waals surface area contributed by atoms with Crippen molar-refractivity contribution in [2.75, 3.05) is 6.54 Å². The Morgan fingerprint density at radius 3 is 2.94 bits per heavy atom. The average Bonchev–Trinajstić information content (AvgIpc) is 2.26. The second-order valence-corrected chi connectivity index (χ2v) is 4.12. The molecule has 0 saturated heterocycles. The van der Waals surface area contributed by atoms with E-state index in [2.05, 4.69) is 17.2 Å². The lowest BCUT2D eigenvalue weighted by Gasteiger charge is -2.15. The van der Waals surface area contributed by atoms with Gasteiger partial charge in [0.15, 0.2) is 5.96 Å². The molecule has 0 heterocycles. The Balaban J connectivity index is 2.61. The van der Waals surface area contributed by atoms with Gasteiger partial charge in [-0.1, -0.05) is 30.7 Å². The summed E-state index contributed by atoms with van der Waals surface area (Å²) in [5.74, 6) is 0.481. The third-order valence-electron chi connectivity index (χ3n) is 2.22. The predicted octanol–water partition coefficient (Wildman–Crippen LogP) is 2.72. The molecule has 1 aromatic carbocycles. The number of guanidine groups is 1. The highest BCUT2D eigenvalue weighted by molar-refractivity contribution is 6.30. The first kappa shape index (κ1) is 12.8. The number of halogens is 1. The number of aliphatic imine (C=N–C) groups is 1. The predicted molar refractivity (Wildman–Crippen MR) is 69.8 cm³/mol. The minimum atomic E-state index is 0.110. The Labute approximate surface area is 102 Å². The molecule has 1 atom stereocenters. The van der Waals surface area contributed by atoms with Crippen molar-refractivity contribution in [2.45, 2.75) is 26.3 Å². The van der Waals surface area contributed by atoms with Gasteiger partial charge in [-0.25, -0.2) is 0 Å². The van der Waals surface area contributed by atoms with Gasteiger partial charge in [0.05, 0.1) is 6.04 Å². The maximum Gasteiger partial charge on any atom is 0.189 e. The van der Waals surface area contributed by atoms with Crippen LogP contribution in [-0.4, -0.2) is 12.5 Å². The highest BCUT2D eigenvalue weighted by Crippen LogP contribution is 2.16. The number of hydrogen-bond acceptors (Lipinski definition) is 1. The van der Waals surface area contributed by atoms with Crippen LogP contribution in [0.2, 0.25) is 5.02 Å². The van der Waals surface area contributed by atoms with E-state index in [4.69, 9.17) is 17.3 Å². The van der Waals surface area contributed by atoms with Crippen molar-refractivity contribution in [1.29, 1.82) is 0 Å². The molecule has 0 aromatic heterocycles. The van der Waals surface area contributed by atoms with Crippen LogP contribution in [0.3, 0.4) is 0 Å². The molecule has 3 N–H and O–H groups in total. The van der Waals surface area contributed by atoms with E-state index in [9.17, 15) is 0 Å². The minimum absolute atomic E-state index is 0.110. The highest BCUT2D eigenvalue weighted by Gasteiger charge is 2.05. The molecule has 0 aliphatic heterocycles. The van der Waals surface area contributed by atoms with Gasteiger partial charge >= 0.3 is 0 Å². The van der Waals surface area contributed by atoms with E-state index in [0.717, 1.165) is 23.6 Å². The summed E-state index contributed by atoms with van der Waals surface area (Å²) in [4.78, 5) is 4.18. The van der Waals surface area contributed by atoms with Gasteiger partial charge in [0, 0.05) is 11.6 Å². The average molecular weight is 240 g/mol. The monoisotopic (exact) mass is 239 g/mol. The maximum atomic E-state index is 5.92. The van der Waals surface area contributed by atoms with Crippen molar-refractivity contribution in [2.24, 2.45) is 10.7 Å². The summed E-state index contributed by atoms with van der Waals surface area (Å²) in [7, 11) is 0. The molecule has 0 spiro atoms. The highest BCUT2D eigenvalue weighted by atomic mass is 35.5. The molecule has 0 bridgehead atoms. The minimum Gasteiger partial charge on any atom is -0.370 e. The molecule has 0 radical (unpaired) electrons. The first-order chi connectivity index (χ1) is 7.63. The number of hydrogen-bond donors (Lipinski definition) is 2. The Kier molecular flexibility index (Phi) is 5.12. The summed E-state index contributed by atoms with van der Waals surface area (Å²) in [5.41, 5.74) is 6.84. The van der Waals surface area contributed by atoms with E-state index in [1.165, 1.54) is 0 Å². The van der Waals surface area contributed by atoms with Gasteiger partial charge in [-0.05, 0) is 31.0 Å².